The zero-order valence-corrected chi connectivity index (χ0v) is 9.69. The fourth-order valence-corrected chi connectivity index (χ4v) is 1.71. The van der Waals surface area contributed by atoms with Crippen molar-refractivity contribution in [3.8, 4) is 11.3 Å². The van der Waals surface area contributed by atoms with E-state index in [-0.39, 0.29) is 6.61 Å². The van der Waals surface area contributed by atoms with Crippen LogP contribution in [0.3, 0.4) is 0 Å². The molecule has 0 bridgehead atoms. The molecule has 90 valence electrons. The van der Waals surface area contributed by atoms with Gasteiger partial charge in [-0.25, -0.2) is 0 Å². The monoisotopic (exact) mass is 253 g/mol. The average molecular weight is 254 g/mol. The van der Waals surface area contributed by atoms with Gasteiger partial charge in [-0.15, -0.1) is 0 Å². The first-order valence-electron chi connectivity index (χ1n) is 5.06. The standard InChI is InChI=1S/C12H12ClNO3/c13-7-1-2-8(9(14)5-7)11-3-4-12(17-11)10(16)6-15/h1-5,10,15-16H,6,14H2. The van der Waals surface area contributed by atoms with Gasteiger partial charge >= 0.3 is 0 Å². The van der Waals surface area contributed by atoms with E-state index in [2.05, 4.69) is 0 Å². The molecule has 1 heterocycles. The number of aliphatic hydroxyl groups is 2. The van der Waals surface area contributed by atoms with Crippen molar-refractivity contribution >= 4 is 17.3 Å². The maximum Gasteiger partial charge on any atom is 0.136 e. The van der Waals surface area contributed by atoms with Crippen LogP contribution in [-0.2, 0) is 0 Å². The van der Waals surface area contributed by atoms with Crippen molar-refractivity contribution in [1.82, 2.24) is 0 Å². The number of hydrogen-bond acceptors (Lipinski definition) is 4. The Morgan fingerprint density at radius 2 is 2.06 bits per heavy atom. The van der Waals surface area contributed by atoms with E-state index >= 15 is 0 Å². The van der Waals surface area contributed by atoms with Gasteiger partial charge in [0.25, 0.3) is 0 Å². The Bertz CT molecular complexity index is 524. The van der Waals surface area contributed by atoms with Crippen molar-refractivity contribution in [3.05, 3.63) is 41.1 Å². The second-order valence-electron chi connectivity index (χ2n) is 3.63. The molecule has 1 unspecified atom stereocenters. The number of hydrogen-bond donors (Lipinski definition) is 3. The van der Waals surface area contributed by atoms with Crippen LogP contribution in [0.1, 0.15) is 11.9 Å². The molecule has 4 N–H and O–H groups in total. The lowest BCUT2D eigenvalue weighted by Crippen LogP contribution is -2.00. The largest absolute Gasteiger partial charge is 0.458 e. The zero-order valence-electron chi connectivity index (χ0n) is 8.93. The van der Waals surface area contributed by atoms with Crippen molar-refractivity contribution in [2.45, 2.75) is 6.10 Å². The molecule has 4 nitrogen and oxygen atoms in total. The molecule has 0 fully saturated rings. The van der Waals surface area contributed by atoms with E-state index in [1.807, 2.05) is 0 Å². The van der Waals surface area contributed by atoms with Gasteiger partial charge in [0.2, 0.25) is 0 Å². The third-order valence-corrected chi connectivity index (χ3v) is 2.64. The molecule has 0 aliphatic rings. The number of nitrogens with two attached hydrogens (primary N) is 1. The van der Waals surface area contributed by atoms with Gasteiger partial charge < -0.3 is 20.4 Å². The predicted octanol–water partition coefficient (Wildman–Crippen LogP) is 2.21. The van der Waals surface area contributed by atoms with E-state index in [4.69, 9.17) is 26.9 Å². The van der Waals surface area contributed by atoms with E-state index in [1.165, 1.54) is 0 Å². The van der Waals surface area contributed by atoms with Gasteiger partial charge in [-0.05, 0) is 30.3 Å². The average Bonchev–Trinajstić information content (AvgIpc) is 2.77. The minimum atomic E-state index is -1.02. The van der Waals surface area contributed by atoms with E-state index in [0.29, 0.717) is 27.8 Å². The predicted molar refractivity (Wildman–Crippen MR) is 65.6 cm³/mol. The number of benzene rings is 1. The summed E-state index contributed by atoms with van der Waals surface area (Å²) in [5.41, 5.74) is 7.01. The molecule has 0 aliphatic heterocycles. The molecule has 2 rings (SSSR count). The zero-order chi connectivity index (χ0) is 12.4. The Balaban J connectivity index is 2.37. The Labute approximate surface area is 103 Å². The third kappa shape index (κ3) is 2.44. The first kappa shape index (κ1) is 12.0. The quantitative estimate of drug-likeness (QED) is 0.733. The normalized spacial score (nSPS) is 12.6. The van der Waals surface area contributed by atoms with Crippen molar-refractivity contribution in [3.63, 3.8) is 0 Å². The highest BCUT2D eigenvalue weighted by Crippen LogP contribution is 2.31. The molecule has 0 saturated carbocycles. The SMILES string of the molecule is Nc1cc(Cl)ccc1-c1ccc(C(O)CO)o1. The van der Waals surface area contributed by atoms with Crippen LogP contribution in [-0.4, -0.2) is 16.8 Å². The van der Waals surface area contributed by atoms with Crippen molar-refractivity contribution in [2.24, 2.45) is 0 Å². The summed E-state index contributed by atoms with van der Waals surface area (Å²) < 4.78 is 5.41. The van der Waals surface area contributed by atoms with Gasteiger partial charge in [-0.1, -0.05) is 11.6 Å². The summed E-state index contributed by atoms with van der Waals surface area (Å²) >= 11 is 5.80. The maximum atomic E-state index is 9.41. The third-order valence-electron chi connectivity index (χ3n) is 2.41. The van der Waals surface area contributed by atoms with Crippen molar-refractivity contribution in [1.29, 1.82) is 0 Å². The molecule has 0 aliphatic carbocycles. The lowest BCUT2D eigenvalue weighted by molar-refractivity contribution is 0.0781. The van der Waals surface area contributed by atoms with Crippen LogP contribution in [0.5, 0.6) is 0 Å². The van der Waals surface area contributed by atoms with Crippen LogP contribution in [0.4, 0.5) is 5.69 Å². The molecular formula is C12H12ClNO3. The molecule has 0 saturated heterocycles. The Morgan fingerprint density at radius 3 is 2.71 bits per heavy atom. The molecule has 2 aromatic rings. The van der Waals surface area contributed by atoms with E-state index in [1.54, 1.807) is 30.3 Å². The van der Waals surface area contributed by atoms with E-state index in [9.17, 15) is 5.11 Å². The summed E-state index contributed by atoms with van der Waals surface area (Å²) in [4.78, 5) is 0. The summed E-state index contributed by atoms with van der Waals surface area (Å²) in [5, 5.41) is 18.8. The molecule has 0 amide bonds. The Kier molecular flexibility index (Phi) is 3.38. The molecule has 0 spiro atoms. The number of nitrogen functional groups attached to an aromatic ring is 1. The van der Waals surface area contributed by atoms with Gasteiger partial charge in [0.05, 0.1) is 6.61 Å². The smallest absolute Gasteiger partial charge is 0.136 e. The topological polar surface area (TPSA) is 79.6 Å². The van der Waals surface area contributed by atoms with Crippen LogP contribution >= 0.6 is 11.6 Å². The molecule has 5 heteroatoms. The van der Waals surface area contributed by atoms with Crippen molar-refractivity contribution < 1.29 is 14.6 Å². The minimum Gasteiger partial charge on any atom is -0.458 e. The van der Waals surface area contributed by atoms with Gasteiger partial charge in [0.1, 0.15) is 17.6 Å². The number of halogens is 1. The van der Waals surface area contributed by atoms with Gasteiger partial charge in [-0.3, -0.25) is 0 Å². The highest BCUT2D eigenvalue weighted by molar-refractivity contribution is 6.31. The van der Waals surface area contributed by atoms with Gasteiger partial charge in [0.15, 0.2) is 0 Å². The fourth-order valence-electron chi connectivity index (χ4n) is 1.52. The Hall–Kier alpha value is -1.49. The van der Waals surface area contributed by atoms with E-state index in [0.717, 1.165) is 0 Å². The highest BCUT2D eigenvalue weighted by atomic mass is 35.5. The molecule has 1 aromatic carbocycles. The van der Waals surface area contributed by atoms with Crippen LogP contribution in [0.2, 0.25) is 5.02 Å². The lowest BCUT2D eigenvalue weighted by atomic mass is 10.1. The van der Waals surface area contributed by atoms with Crippen LogP contribution in [0.15, 0.2) is 34.7 Å². The molecule has 17 heavy (non-hydrogen) atoms. The number of aliphatic hydroxyl groups excluding tert-OH is 2. The second kappa shape index (κ2) is 4.79. The summed E-state index contributed by atoms with van der Waals surface area (Å²) in [7, 11) is 0. The maximum absolute atomic E-state index is 9.41. The van der Waals surface area contributed by atoms with Crippen LogP contribution in [0.25, 0.3) is 11.3 Å². The second-order valence-corrected chi connectivity index (χ2v) is 4.07. The highest BCUT2D eigenvalue weighted by Gasteiger charge is 2.13. The summed E-state index contributed by atoms with van der Waals surface area (Å²) in [6, 6.07) is 8.36. The molecule has 0 radical (unpaired) electrons. The molecule has 1 atom stereocenters. The Morgan fingerprint density at radius 1 is 1.29 bits per heavy atom. The fraction of sp³-hybridized carbons (Fsp3) is 0.167. The molecule has 1 aromatic heterocycles. The minimum absolute atomic E-state index is 0.303. The summed E-state index contributed by atoms with van der Waals surface area (Å²) in [5.74, 6) is 0.832. The number of rotatable bonds is 3. The van der Waals surface area contributed by atoms with Gasteiger partial charge in [0, 0.05) is 16.3 Å². The molecular weight excluding hydrogens is 242 g/mol. The lowest BCUT2D eigenvalue weighted by Gasteiger charge is -2.04. The summed E-state index contributed by atoms with van der Waals surface area (Å²) in [6.07, 6.45) is -1.02. The van der Waals surface area contributed by atoms with Crippen LogP contribution in [0, 0.1) is 0 Å². The van der Waals surface area contributed by atoms with E-state index < -0.39 is 6.10 Å². The summed E-state index contributed by atoms with van der Waals surface area (Å²) in [6.45, 7) is -0.386. The number of furan rings is 1. The van der Waals surface area contributed by atoms with Crippen molar-refractivity contribution in [2.75, 3.05) is 12.3 Å². The van der Waals surface area contributed by atoms with Crippen LogP contribution < -0.4 is 5.73 Å². The first-order chi connectivity index (χ1) is 8.11. The number of anilines is 1. The van der Waals surface area contributed by atoms with Gasteiger partial charge in [-0.2, -0.15) is 0 Å². The first-order valence-corrected chi connectivity index (χ1v) is 5.43.